The lowest BCUT2D eigenvalue weighted by Gasteiger charge is -2.40. The topological polar surface area (TPSA) is 32.3 Å². The molecule has 3 heteroatoms. The smallest absolute Gasteiger partial charge is 0.224 e. The first kappa shape index (κ1) is 21.4. The van der Waals surface area contributed by atoms with Crippen LogP contribution >= 0.6 is 0 Å². The van der Waals surface area contributed by atoms with Gasteiger partial charge >= 0.3 is 0 Å². The van der Waals surface area contributed by atoms with Crippen molar-refractivity contribution in [1.82, 2.24) is 4.90 Å². The Bertz CT molecular complexity index is 1050. The SMILES string of the molecule is CCC1C2CC3(C)CC1C(CC(=O)Nc1cccc4c1CCN(Cc1ccccc1)C4)(C2)C3. The van der Waals surface area contributed by atoms with Crippen molar-refractivity contribution in [3.8, 4) is 0 Å². The van der Waals surface area contributed by atoms with E-state index in [1.165, 1.54) is 48.8 Å². The zero-order valence-corrected chi connectivity index (χ0v) is 20.3. The van der Waals surface area contributed by atoms with Crippen LogP contribution in [0.1, 0.15) is 69.1 Å². The Labute approximate surface area is 199 Å². The van der Waals surface area contributed by atoms with Crippen molar-refractivity contribution in [3.63, 3.8) is 0 Å². The first-order chi connectivity index (χ1) is 16.0. The van der Waals surface area contributed by atoms with Gasteiger partial charge in [0.2, 0.25) is 5.91 Å². The fourth-order valence-corrected chi connectivity index (χ4v) is 8.80. The summed E-state index contributed by atoms with van der Waals surface area (Å²) in [5, 5.41) is 3.39. The molecule has 5 aliphatic rings. The summed E-state index contributed by atoms with van der Waals surface area (Å²) in [6, 6.07) is 17.2. The van der Waals surface area contributed by atoms with E-state index in [4.69, 9.17) is 0 Å². The molecular weight excluding hydrogens is 404 g/mol. The third kappa shape index (κ3) is 3.73. The van der Waals surface area contributed by atoms with E-state index >= 15 is 0 Å². The lowest BCUT2D eigenvalue weighted by molar-refractivity contribution is -0.119. The predicted octanol–water partition coefficient (Wildman–Crippen LogP) is 6.43. The number of rotatable bonds is 6. The normalized spacial score (nSPS) is 34.4. The molecule has 0 saturated heterocycles. The molecule has 4 aliphatic carbocycles. The molecular formula is C30H38N2O. The third-order valence-electron chi connectivity index (χ3n) is 9.68. The highest BCUT2D eigenvalue weighted by atomic mass is 16.1. The van der Waals surface area contributed by atoms with Crippen molar-refractivity contribution in [3.05, 3.63) is 65.2 Å². The summed E-state index contributed by atoms with van der Waals surface area (Å²) in [5.74, 6) is 2.74. The first-order valence-electron chi connectivity index (χ1n) is 13.1. The molecule has 0 aromatic heterocycles. The second-order valence-corrected chi connectivity index (χ2v) is 12.0. The summed E-state index contributed by atoms with van der Waals surface area (Å²) in [5.41, 5.74) is 5.90. The van der Waals surface area contributed by atoms with Crippen LogP contribution < -0.4 is 5.32 Å². The maximum absolute atomic E-state index is 13.4. The molecule has 4 saturated carbocycles. The molecule has 4 fully saturated rings. The number of fused-ring (bicyclic) bond motifs is 1. The van der Waals surface area contributed by atoms with E-state index in [1.807, 2.05) is 0 Å². The van der Waals surface area contributed by atoms with Gasteiger partial charge in [0, 0.05) is 31.7 Å². The minimum Gasteiger partial charge on any atom is -0.326 e. The molecule has 1 heterocycles. The van der Waals surface area contributed by atoms with E-state index in [-0.39, 0.29) is 11.3 Å². The van der Waals surface area contributed by atoms with Crippen LogP contribution in [0.25, 0.3) is 0 Å². The molecule has 1 N–H and O–H groups in total. The summed E-state index contributed by atoms with van der Waals surface area (Å²) >= 11 is 0. The molecule has 2 aromatic rings. The van der Waals surface area contributed by atoms with Crippen LogP contribution in [0.2, 0.25) is 0 Å². The maximum Gasteiger partial charge on any atom is 0.224 e. The van der Waals surface area contributed by atoms with Crippen LogP contribution in [0.15, 0.2) is 48.5 Å². The second-order valence-electron chi connectivity index (χ2n) is 12.0. The van der Waals surface area contributed by atoms with Crippen LogP contribution in [0.4, 0.5) is 5.69 Å². The molecule has 2 aromatic carbocycles. The van der Waals surface area contributed by atoms with Gasteiger partial charge in [0.1, 0.15) is 0 Å². The maximum atomic E-state index is 13.4. The van der Waals surface area contributed by atoms with Gasteiger partial charge in [-0.1, -0.05) is 62.7 Å². The Kier molecular flexibility index (Phi) is 5.17. The van der Waals surface area contributed by atoms with Gasteiger partial charge in [-0.05, 0) is 83.4 Å². The van der Waals surface area contributed by atoms with E-state index in [0.29, 0.717) is 5.41 Å². The molecule has 7 rings (SSSR count). The molecule has 5 atom stereocenters. The van der Waals surface area contributed by atoms with Crippen LogP contribution in [0.3, 0.4) is 0 Å². The lowest BCUT2D eigenvalue weighted by atomic mass is 9.65. The van der Waals surface area contributed by atoms with Crippen molar-refractivity contribution < 1.29 is 4.79 Å². The van der Waals surface area contributed by atoms with Crippen molar-refractivity contribution in [1.29, 1.82) is 0 Å². The van der Waals surface area contributed by atoms with Gasteiger partial charge in [0.15, 0.2) is 0 Å². The van der Waals surface area contributed by atoms with Gasteiger partial charge in [0.25, 0.3) is 0 Å². The highest BCUT2D eigenvalue weighted by Crippen LogP contribution is 2.73. The van der Waals surface area contributed by atoms with Crippen LogP contribution in [0.5, 0.6) is 0 Å². The average Bonchev–Trinajstić information content (AvgIpc) is 3.12. The fourth-order valence-electron chi connectivity index (χ4n) is 8.80. The third-order valence-corrected chi connectivity index (χ3v) is 9.68. The van der Waals surface area contributed by atoms with E-state index in [9.17, 15) is 4.79 Å². The van der Waals surface area contributed by atoms with Crippen LogP contribution in [-0.4, -0.2) is 17.4 Å². The number of benzene rings is 2. The number of carbonyl (C=O) groups excluding carboxylic acids is 1. The van der Waals surface area contributed by atoms with Crippen molar-refractivity contribution in [2.24, 2.45) is 28.6 Å². The summed E-state index contributed by atoms with van der Waals surface area (Å²) in [6.07, 6.45) is 8.34. The quantitative estimate of drug-likeness (QED) is 0.559. The van der Waals surface area contributed by atoms with Crippen LogP contribution in [0, 0.1) is 28.6 Å². The summed E-state index contributed by atoms with van der Waals surface area (Å²) < 4.78 is 0. The summed E-state index contributed by atoms with van der Waals surface area (Å²) in [6.45, 7) is 7.84. The van der Waals surface area contributed by atoms with Crippen molar-refractivity contribution in [2.45, 2.75) is 71.9 Å². The summed E-state index contributed by atoms with van der Waals surface area (Å²) in [7, 11) is 0. The zero-order chi connectivity index (χ0) is 22.6. The Hall–Kier alpha value is -2.13. The predicted molar refractivity (Wildman–Crippen MR) is 134 cm³/mol. The van der Waals surface area contributed by atoms with E-state index in [0.717, 1.165) is 55.9 Å². The van der Waals surface area contributed by atoms with Crippen molar-refractivity contribution >= 4 is 11.6 Å². The van der Waals surface area contributed by atoms with Crippen molar-refractivity contribution in [2.75, 3.05) is 11.9 Å². The van der Waals surface area contributed by atoms with Gasteiger partial charge in [0.05, 0.1) is 0 Å². The second kappa shape index (κ2) is 7.98. The van der Waals surface area contributed by atoms with E-state index in [1.54, 1.807) is 0 Å². The lowest BCUT2D eigenvalue weighted by Crippen LogP contribution is -2.32. The molecule has 1 amide bonds. The Morgan fingerprint density at radius 2 is 1.94 bits per heavy atom. The molecule has 5 unspecified atom stereocenters. The zero-order valence-electron chi connectivity index (χ0n) is 20.3. The minimum atomic E-state index is 0.252. The van der Waals surface area contributed by atoms with Crippen LogP contribution in [-0.2, 0) is 24.3 Å². The number of amides is 1. The molecule has 33 heavy (non-hydrogen) atoms. The molecule has 3 nitrogen and oxygen atoms in total. The Balaban J connectivity index is 1.15. The number of anilines is 1. The molecule has 4 bridgehead atoms. The molecule has 174 valence electrons. The van der Waals surface area contributed by atoms with E-state index in [2.05, 4.69) is 72.6 Å². The number of nitrogens with zero attached hydrogens (tertiary/aromatic N) is 1. The van der Waals surface area contributed by atoms with Gasteiger partial charge in [-0.2, -0.15) is 0 Å². The fraction of sp³-hybridized carbons (Fsp3) is 0.567. The van der Waals surface area contributed by atoms with Gasteiger partial charge in [-0.15, -0.1) is 0 Å². The molecule has 1 aliphatic heterocycles. The van der Waals surface area contributed by atoms with Gasteiger partial charge < -0.3 is 5.32 Å². The first-order valence-corrected chi connectivity index (χ1v) is 13.1. The van der Waals surface area contributed by atoms with E-state index < -0.39 is 0 Å². The number of carbonyl (C=O) groups is 1. The monoisotopic (exact) mass is 442 g/mol. The Morgan fingerprint density at radius 3 is 2.76 bits per heavy atom. The summed E-state index contributed by atoms with van der Waals surface area (Å²) in [4.78, 5) is 15.9. The number of hydrogen-bond donors (Lipinski definition) is 1. The Morgan fingerprint density at radius 1 is 1.09 bits per heavy atom. The largest absolute Gasteiger partial charge is 0.326 e. The number of hydrogen-bond acceptors (Lipinski definition) is 2. The standard InChI is InChI=1S/C30H38N2O/c1-3-24-23-14-29(2)16-26(24)30(15-23,20-29)17-28(33)31-27-11-7-10-22-19-32(13-12-25(22)27)18-21-8-5-4-6-9-21/h4-11,23-24,26H,3,12-20H2,1-2H3,(H,31,33). The highest BCUT2D eigenvalue weighted by Gasteiger charge is 2.65. The average molecular weight is 443 g/mol. The minimum absolute atomic E-state index is 0.252. The highest BCUT2D eigenvalue weighted by molar-refractivity contribution is 5.92. The van der Waals surface area contributed by atoms with Gasteiger partial charge in [-0.3, -0.25) is 9.69 Å². The number of nitrogens with one attached hydrogen (secondary N) is 1. The molecule has 0 spiro atoms. The van der Waals surface area contributed by atoms with Gasteiger partial charge in [-0.25, -0.2) is 0 Å². The molecule has 0 radical (unpaired) electrons.